The summed E-state index contributed by atoms with van der Waals surface area (Å²) in [5, 5.41) is 12.2. The number of hydrogen-bond acceptors (Lipinski definition) is 5. The van der Waals surface area contributed by atoms with Crippen LogP contribution < -0.4 is 5.56 Å². The summed E-state index contributed by atoms with van der Waals surface area (Å²) in [4.78, 5) is 29.2. The van der Waals surface area contributed by atoms with Gasteiger partial charge in [-0.1, -0.05) is 29.4 Å². The molecule has 0 amide bonds. The smallest absolute Gasteiger partial charge is 0.304 e. The number of thioether (sulfide) groups is 1. The summed E-state index contributed by atoms with van der Waals surface area (Å²) in [6, 6.07) is 8.88. The van der Waals surface area contributed by atoms with E-state index >= 15 is 0 Å². The second-order valence-electron chi connectivity index (χ2n) is 5.02. The minimum absolute atomic E-state index is 0.0121. The molecule has 5 nitrogen and oxygen atoms in total. The van der Waals surface area contributed by atoms with E-state index in [-0.39, 0.29) is 12.0 Å². The summed E-state index contributed by atoms with van der Waals surface area (Å²) in [5.41, 5.74) is 0.387. The van der Waals surface area contributed by atoms with E-state index in [4.69, 9.17) is 16.7 Å². The standard InChI is InChI=1S/C16H13ClN2O3S2/c17-10-3-4-13-12(8-10)15(22)19(9-11-2-1-6-23-11)16(18-13)24-7-5-14(20)21/h1-4,6,8H,5,7,9H2,(H,20,21). The van der Waals surface area contributed by atoms with Gasteiger partial charge in [-0.25, -0.2) is 4.98 Å². The van der Waals surface area contributed by atoms with Crippen molar-refractivity contribution in [2.24, 2.45) is 0 Å². The van der Waals surface area contributed by atoms with Crippen LogP contribution in [0.25, 0.3) is 10.9 Å². The molecule has 0 atom stereocenters. The van der Waals surface area contributed by atoms with Gasteiger partial charge in [-0.3, -0.25) is 14.2 Å². The molecule has 0 saturated carbocycles. The van der Waals surface area contributed by atoms with Crippen LogP contribution in [0.2, 0.25) is 5.02 Å². The number of benzene rings is 1. The first-order valence-corrected chi connectivity index (χ1v) is 9.36. The van der Waals surface area contributed by atoms with Gasteiger partial charge in [0.2, 0.25) is 0 Å². The molecule has 1 N–H and O–H groups in total. The van der Waals surface area contributed by atoms with Gasteiger partial charge in [-0.2, -0.15) is 0 Å². The molecular formula is C16H13ClN2O3S2. The fraction of sp³-hybridized carbons (Fsp3) is 0.188. The first kappa shape index (κ1) is 17.0. The highest BCUT2D eigenvalue weighted by Crippen LogP contribution is 2.22. The van der Waals surface area contributed by atoms with E-state index in [0.717, 1.165) is 4.88 Å². The normalized spacial score (nSPS) is 11.0. The number of carboxylic acid groups (broad SMARTS) is 1. The summed E-state index contributed by atoms with van der Waals surface area (Å²) in [6.07, 6.45) is 0.0121. The van der Waals surface area contributed by atoms with Crippen molar-refractivity contribution in [2.75, 3.05) is 5.75 Å². The van der Waals surface area contributed by atoms with Crippen LogP contribution in [0.5, 0.6) is 0 Å². The number of fused-ring (bicyclic) bond motifs is 1. The van der Waals surface area contributed by atoms with E-state index in [1.54, 1.807) is 34.1 Å². The molecule has 0 aliphatic rings. The fourth-order valence-corrected chi connectivity index (χ4v) is 4.00. The number of nitrogens with zero attached hydrogens (tertiary/aromatic N) is 2. The Labute approximate surface area is 150 Å². The molecular weight excluding hydrogens is 368 g/mol. The average Bonchev–Trinajstić information content (AvgIpc) is 3.04. The Balaban J connectivity index is 2.06. The molecule has 8 heteroatoms. The Kier molecular flexibility index (Phi) is 5.23. The molecule has 0 saturated heterocycles. The molecule has 0 aliphatic heterocycles. The molecule has 0 radical (unpaired) electrons. The van der Waals surface area contributed by atoms with Crippen molar-refractivity contribution in [3.05, 3.63) is 56.0 Å². The van der Waals surface area contributed by atoms with Gasteiger partial charge in [0.1, 0.15) is 0 Å². The van der Waals surface area contributed by atoms with Crippen LogP contribution in [-0.2, 0) is 11.3 Å². The Hall–Kier alpha value is -1.83. The Morgan fingerprint density at radius 3 is 2.92 bits per heavy atom. The molecule has 0 unspecified atom stereocenters. The van der Waals surface area contributed by atoms with Crippen LogP contribution in [0.1, 0.15) is 11.3 Å². The van der Waals surface area contributed by atoms with Gasteiger partial charge in [0.15, 0.2) is 5.16 Å². The van der Waals surface area contributed by atoms with Crippen molar-refractivity contribution in [2.45, 2.75) is 18.1 Å². The summed E-state index contributed by atoms with van der Waals surface area (Å²) < 4.78 is 1.58. The van der Waals surface area contributed by atoms with Crippen molar-refractivity contribution in [1.29, 1.82) is 0 Å². The zero-order valence-corrected chi connectivity index (χ0v) is 14.8. The van der Waals surface area contributed by atoms with Crippen LogP contribution in [0, 0.1) is 0 Å². The van der Waals surface area contributed by atoms with Gasteiger partial charge < -0.3 is 5.11 Å². The molecule has 3 aromatic rings. The van der Waals surface area contributed by atoms with Crippen molar-refractivity contribution in [3.63, 3.8) is 0 Å². The topological polar surface area (TPSA) is 72.2 Å². The van der Waals surface area contributed by atoms with Crippen molar-refractivity contribution >= 4 is 51.6 Å². The summed E-state index contributed by atoms with van der Waals surface area (Å²) in [7, 11) is 0. The first-order chi connectivity index (χ1) is 11.5. The molecule has 124 valence electrons. The van der Waals surface area contributed by atoms with E-state index in [1.807, 2.05) is 17.5 Å². The van der Waals surface area contributed by atoms with E-state index in [1.165, 1.54) is 11.8 Å². The molecule has 1 aromatic carbocycles. The van der Waals surface area contributed by atoms with Crippen LogP contribution in [0.3, 0.4) is 0 Å². The highest BCUT2D eigenvalue weighted by molar-refractivity contribution is 7.99. The molecule has 0 bridgehead atoms. The van der Waals surface area contributed by atoms with Gasteiger partial charge in [0, 0.05) is 15.7 Å². The summed E-state index contributed by atoms with van der Waals surface area (Å²) >= 11 is 8.83. The van der Waals surface area contributed by atoms with Gasteiger partial charge in [-0.05, 0) is 29.6 Å². The van der Waals surface area contributed by atoms with Crippen LogP contribution >= 0.6 is 34.7 Å². The number of halogens is 1. The largest absolute Gasteiger partial charge is 0.481 e. The lowest BCUT2D eigenvalue weighted by Crippen LogP contribution is -2.23. The molecule has 0 spiro atoms. The van der Waals surface area contributed by atoms with E-state index in [0.29, 0.717) is 33.4 Å². The Bertz CT molecular complexity index is 938. The van der Waals surface area contributed by atoms with E-state index in [2.05, 4.69) is 4.98 Å². The zero-order chi connectivity index (χ0) is 17.1. The predicted molar refractivity (Wildman–Crippen MR) is 97.4 cm³/mol. The molecule has 0 fully saturated rings. The van der Waals surface area contributed by atoms with Crippen molar-refractivity contribution in [1.82, 2.24) is 9.55 Å². The van der Waals surface area contributed by atoms with Gasteiger partial charge >= 0.3 is 5.97 Å². The molecule has 24 heavy (non-hydrogen) atoms. The predicted octanol–water partition coefficient (Wildman–Crippen LogP) is 3.73. The SMILES string of the molecule is O=C(O)CCSc1nc2ccc(Cl)cc2c(=O)n1Cc1cccs1. The second-order valence-corrected chi connectivity index (χ2v) is 7.55. The third-order valence-electron chi connectivity index (χ3n) is 3.32. The highest BCUT2D eigenvalue weighted by Gasteiger charge is 2.13. The fourth-order valence-electron chi connectivity index (χ4n) is 2.21. The Morgan fingerprint density at radius 2 is 2.21 bits per heavy atom. The van der Waals surface area contributed by atoms with E-state index in [9.17, 15) is 9.59 Å². The lowest BCUT2D eigenvalue weighted by molar-refractivity contribution is -0.136. The Morgan fingerprint density at radius 1 is 1.38 bits per heavy atom. The van der Waals surface area contributed by atoms with Gasteiger partial charge in [0.05, 0.1) is 23.9 Å². The maximum Gasteiger partial charge on any atom is 0.304 e. The molecule has 3 rings (SSSR count). The van der Waals surface area contributed by atoms with Crippen LogP contribution in [0.15, 0.2) is 45.7 Å². The van der Waals surface area contributed by atoms with Crippen LogP contribution in [0.4, 0.5) is 0 Å². The van der Waals surface area contributed by atoms with Gasteiger partial charge in [0.25, 0.3) is 5.56 Å². The van der Waals surface area contributed by atoms with Gasteiger partial charge in [-0.15, -0.1) is 11.3 Å². The number of carbonyl (C=O) groups is 1. The number of carboxylic acids is 1. The molecule has 0 aliphatic carbocycles. The molecule has 2 heterocycles. The van der Waals surface area contributed by atoms with Crippen LogP contribution in [-0.4, -0.2) is 26.4 Å². The second kappa shape index (κ2) is 7.38. The minimum Gasteiger partial charge on any atom is -0.481 e. The lowest BCUT2D eigenvalue weighted by Gasteiger charge is -2.12. The van der Waals surface area contributed by atoms with Crippen molar-refractivity contribution in [3.8, 4) is 0 Å². The monoisotopic (exact) mass is 380 g/mol. The number of hydrogen-bond donors (Lipinski definition) is 1. The summed E-state index contributed by atoms with van der Waals surface area (Å²) in [5.74, 6) is -0.520. The lowest BCUT2D eigenvalue weighted by atomic mass is 10.2. The highest BCUT2D eigenvalue weighted by atomic mass is 35.5. The quantitative estimate of drug-likeness (QED) is 0.521. The number of aromatic nitrogens is 2. The summed E-state index contributed by atoms with van der Waals surface area (Å²) in [6.45, 7) is 0.404. The number of aliphatic carboxylic acids is 1. The third kappa shape index (κ3) is 3.80. The van der Waals surface area contributed by atoms with E-state index < -0.39 is 5.97 Å². The third-order valence-corrected chi connectivity index (χ3v) is 5.40. The number of thiophene rings is 1. The number of rotatable bonds is 6. The molecule has 2 aromatic heterocycles. The van der Waals surface area contributed by atoms with Crippen molar-refractivity contribution < 1.29 is 9.90 Å². The maximum absolute atomic E-state index is 12.9. The average molecular weight is 381 g/mol. The maximum atomic E-state index is 12.9. The first-order valence-electron chi connectivity index (χ1n) is 7.11. The minimum atomic E-state index is -0.873. The zero-order valence-electron chi connectivity index (χ0n) is 12.4.